The van der Waals surface area contributed by atoms with Crippen LogP contribution in [0.2, 0.25) is 0 Å². The molecule has 0 aliphatic rings. The lowest BCUT2D eigenvalue weighted by molar-refractivity contribution is 0.282. The molecule has 2 N–H and O–H groups in total. The third-order valence-corrected chi connectivity index (χ3v) is 2.48. The molecule has 0 aliphatic carbocycles. The van der Waals surface area contributed by atoms with Gasteiger partial charge in [-0.15, -0.1) is 0 Å². The zero-order chi connectivity index (χ0) is 11.3. The van der Waals surface area contributed by atoms with Gasteiger partial charge in [0.1, 0.15) is 5.82 Å². The normalized spacial score (nSPS) is 12.8. The molecule has 1 heterocycles. The van der Waals surface area contributed by atoms with Crippen LogP contribution in [0.4, 0.5) is 5.82 Å². The zero-order valence-electron chi connectivity index (χ0n) is 9.82. The molecule has 0 fully saturated rings. The minimum absolute atomic E-state index is 0.262. The Balaban J connectivity index is 2.51. The summed E-state index contributed by atoms with van der Waals surface area (Å²) in [4.78, 5) is 0. The molecule has 15 heavy (non-hydrogen) atoms. The Kier molecular flexibility index (Phi) is 4.62. The first-order valence-electron chi connectivity index (χ1n) is 5.57. The van der Waals surface area contributed by atoms with Gasteiger partial charge in [-0.1, -0.05) is 6.92 Å². The van der Waals surface area contributed by atoms with Crippen molar-refractivity contribution in [3.05, 3.63) is 11.8 Å². The Bertz CT molecular complexity index is 296. The predicted octanol–water partition coefficient (Wildman–Crippen LogP) is 1.56. The summed E-state index contributed by atoms with van der Waals surface area (Å²) >= 11 is 0. The second kappa shape index (κ2) is 5.75. The Labute approximate surface area is 91.3 Å². The Morgan fingerprint density at radius 1 is 1.60 bits per heavy atom. The van der Waals surface area contributed by atoms with Crippen molar-refractivity contribution in [3.63, 3.8) is 0 Å². The third-order valence-electron chi connectivity index (χ3n) is 2.48. The number of anilines is 1. The Hall–Kier alpha value is -1.03. The number of nitrogens with zero attached hydrogens (tertiary/aromatic N) is 2. The van der Waals surface area contributed by atoms with E-state index in [9.17, 15) is 0 Å². The second-order valence-electron chi connectivity index (χ2n) is 3.91. The van der Waals surface area contributed by atoms with Crippen LogP contribution in [0.25, 0.3) is 0 Å². The number of rotatable bonds is 6. The number of aromatic nitrogens is 2. The molecule has 0 bridgehead atoms. The van der Waals surface area contributed by atoms with Crippen LogP contribution < -0.4 is 5.32 Å². The van der Waals surface area contributed by atoms with E-state index in [0.29, 0.717) is 6.04 Å². The largest absolute Gasteiger partial charge is 0.396 e. The van der Waals surface area contributed by atoms with Crippen molar-refractivity contribution in [2.75, 3.05) is 11.9 Å². The van der Waals surface area contributed by atoms with Crippen LogP contribution in [0, 0.1) is 0 Å². The fraction of sp³-hybridized carbons (Fsp3) is 0.727. The molecular weight excluding hydrogens is 190 g/mol. The van der Waals surface area contributed by atoms with Gasteiger partial charge in [0.15, 0.2) is 0 Å². The summed E-state index contributed by atoms with van der Waals surface area (Å²) in [6.45, 7) is 4.48. The van der Waals surface area contributed by atoms with E-state index < -0.39 is 0 Å². The van der Waals surface area contributed by atoms with Crippen LogP contribution in [0.1, 0.15) is 32.4 Å². The summed E-state index contributed by atoms with van der Waals surface area (Å²) in [7, 11) is 1.94. The van der Waals surface area contributed by atoms with Gasteiger partial charge in [0.25, 0.3) is 0 Å². The molecule has 1 aromatic rings. The van der Waals surface area contributed by atoms with Crippen LogP contribution in [-0.4, -0.2) is 27.5 Å². The first kappa shape index (κ1) is 12.0. The molecule has 86 valence electrons. The van der Waals surface area contributed by atoms with Crippen LogP contribution in [0.5, 0.6) is 0 Å². The monoisotopic (exact) mass is 211 g/mol. The van der Waals surface area contributed by atoms with Crippen LogP contribution >= 0.6 is 0 Å². The molecule has 1 rings (SSSR count). The third kappa shape index (κ3) is 3.55. The number of hydrogen-bond donors (Lipinski definition) is 2. The average Bonchev–Trinajstić information content (AvgIpc) is 2.57. The van der Waals surface area contributed by atoms with Gasteiger partial charge in [-0.05, 0) is 26.2 Å². The first-order chi connectivity index (χ1) is 7.17. The molecule has 0 aromatic carbocycles. The summed E-state index contributed by atoms with van der Waals surface area (Å²) in [6.07, 6.45) is 2.77. The summed E-state index contributed by atoms with van der Waals surface area (Å²) in [5.41, 5.74) is 1.11. The van der Waals surface area contributed by atoms with Gasteiger partial charge in [0, 0.05) is 25.8 Å². The van der Waals surface area contributed by atoms with E-state index in [1.807, 2.05) is 11.7 Å². The lowest BCUT2D eigenvalue weighted by atomic mass is 10.2. The van der Waals surface area contributed by atoms with E-state index in [0.717, 1.165) is 30.8 Å². The minimum Gasteiger partial charge on any atom is -0.396 e. The maximum Gasteiger partial charge on any atom is 0.124 e. The molecule has 4 heteroatoms. The molecule has 0 saturated carbocycles. The molecule has 0 spiro atoms. The van der Waals surface area contributed by atoms with Crippen molar-refractivity contribution >= 4 is 5.82 Å². The highest BCUT2D eigenvalue weighted by Crippen LogP contribution is 2.12. The van der Waals surface area contributed by atoms with Gasteiger partial charge in [-0.25, -0.2) is 0 Å². The number of aliphatic hydroxyl groups is 1. The fourth-order valence-electron chi connectivity index (χ4n) is 1.56. The number of hydrogen-bond acceptors (Lipinski definition) is 3. The van der Waals surface area contributed by atoms with Crippen LogP contribution in [0.15, 0.2) is 6.07 Å². The quantitative estimate of drug-likeness (QED) is 0.750. The SMILES string of the molecule is CCc1cc(NC(C)CCCO)n(C)n1. The number of aliphatic hydroxyl groups excluding tert-OH is 1. The van der Waals surface area contributed by atoms with E-state index >= 15 is 0 Å². The molecule has 0 saturated heterocycles. The molecule has 4 nitrogen and oxygen atoms in total. The first-order valence-corrected chi connectivity index (χ1v) is 5.57. The smallest absolute Gasteiger partial charge is 0.124 e. The van der Waals surface area contributed by atoms with Crippen molar-refractivity contribution in [2.45, 2.75) is 39.2 Å². The van der Waals surface area contributed by atoms with Crippen molar-refractivity contribution in [2.24, 2.45) is 7.05 Å². The van der Waals surface area contributed by atoms with Crippen molar-refractivity contribution < 1.29 is 5.11 Å². The molecular formula is C11H21N3O. The number of nitrogens with one attached hydrogen (secondary N) is 1. The molecule has 0 radical (unpaired) electrons. The van der Waals surface area contributed by atoms with E-state index in [2.05, 4.69) is 30.3 Å². The van der Waals surface area contributed by atoms with Gasteiger partial charge in [-0.2, -0.15) is 5.10 Å². The Morgan fingerprint density at radius 2 is 2.33 bits per heavy atom. The number of aryl methyl sites for hydroxylation is 2. The highest BCUT2D eigenvalue weighted by atomic mass is 16.2. The summed E-state index contributed by atoms with van der Waals surface area (Å²) in [5.74, 6) is 1.05. The maximum atomic E-state index is 8.73. The topological polar surface area (TPSA) is 50.1 Å². The molecule has 1 aromatic heterocycles. The molecule has 1 unspecified atom stereocenters. The van der Waals surface area contributed by atoms with Gasteiger partial charge in [0.2, 0.25) is 0 Å². The summed E-state index contributed by atoms with van der Waals surface area (Å²) < 4.78 is 1.87. The molecule has 0 aliphatic heterocycles. The predicted molar refractivity (Wildman–Crippen MR) is 62.0 cm³/mol. The van der Waals surface area contributed by atoms with Crippen LogP contribution in [-0.2, 0) is 13.5 Å². The highest BCUT2D eigenvalue weighted by Gasteiger charge is 2.06. The van der Waals surface area contributed by atoms with Gasteiger partial charge in [0.05, 0.1) is 5.69 Å². The molecule has 0 amide bonds. The van der Waals surface area contributed by atoms with E-state index in [1.54, 1.807) is 0 Å². The van der Waals surface area contributed by atoms with Gasteiger partial charge < -0.3 is 10.4 Å². The Morgan fingerprint density at radius 3 is 2.87 bits per heavy atom. The minimum atomic E-state index is 0.262. The standard InChI is InChI=1S/C11H21N3O/c1-4-10-8-11(14(3)13-10)12-9(2)6-5-7-15/h8-9,12,15H,4-7H2,1-3H3. The molecule has 1 atom stereocenters. The van der Waals surface area contributed by atoms with E-state index in [-0.39, 0.29) is 6.61 Å². The van der Waals surface area contributed by atoms with E-state index in [4.69, 9.17) is 5.11 Å². The summed E-state index contributed by atoms with van der Waals surface area (Å²) in [6, 6.07) is 2.45. The average molecular weight is 211 g/mol. The maximum absolute atomic E-state index is 8.73. The van der Waals surface area contributed by atoms with Crippen molar-refractivity contribution in [1.29, 1.82) is 0 Å². The van der Waals surface area contributed by atoms with E-state index in [1.165, 1.54) is 0 Å². The van der Waals surface area contributed by atoms with Gasteiger partial charge >= 0.3 is 0 Å². The van der Waals surface area contributed by atoms with Crippen molar-refractivity contribution in [3.8, 4) is 0 Å². The second-order valence-corrected chi connectivity index (χ2v) is 3.91. The highest BCUT2D eigenvalue weighted by molar-refractivity contribution is 5.37. The van der Waals surface area contributed by atoms with Crippen LogP contribution in [0.3, 0.4) is 0 Å². The lowest BCUT2D eigenvalue weighted by Crippen LogP contribution is -2.17. The van der Waals surface area contributed by atoms with Crippen molar-refractivity contribution in [1.82, 2.24) is 9.78 Å². The fourth-order valence-corrected chi connectivity index (χ4v) is 1.56. The lowest BCUT2D eigenvalue weighted by Gasteiger charge is -2.14. The summed E-state index contributed by atoms with van der Waals surface area (Å²) in [5, 5.41) is 16.5. The zero-order valence-corrected chi connectivity index (χ0v) is 9.82. The van der Waals surface area contributed by atoms with Gasteiger partial charge in [-0.3, -0.25) is 4.68 Å².